The van der Waals surface area contributed by atoms with E-state index < -0.39 is 28.6 Å². The van der Waals surface area contributed by atoms with E-state index in [-0.39, 0.29) is 11.1 Å². The first kappa shape index (κ1) is 18.1. The van der Waals surface area contributed by atoms with E-state index in [4.69, 9.17) is 16.3 Å². The second-order valence-electron chi connectivity index (χ2n) is 7.83. The number of H-pyrrole nitrogens is 1. The molecule has 27 heavy (non-hydrogen) atoms. The Morgan fingerprint density at radius 1 is 1.37 bits per heavy atom. The van der Waals surface area contributed by atoms with Crippen LogP contribution in [0.15, 0.2) is 11.0 Å². The van der Waals surface area contributed by atoms with Gasteiger partial charge < -0.3 is 20.1 Å². The molecule has 3 N–H and O–H groups in total. The maximum absolute atomic E-state index is 12.4. The predicted molar refractivity (Wildman–Crippen MR) is 96.0 cm³/mol. The molecule has 1 amide bonds. The smallest absolute Gasteiger partial charge is 0.407 e. The number of rotatable bonds is 4. The number of hydrogen-bond donors (Lipinski definition) is 3. The third-order valence-electron chi connectivity index (χ3n) is 6.20. The van der Waals surface area contributed by atoms with Gasteiger partial charge in [0.15, 0.2) is 0 Å². The number of ether oxygens (including phenoxy) is 1. The topological polar surface area (TPSA) is 125 Å². The number of carbonyl (C=O) groups is 2. The number of aromatic amines is 1. The van der Waals surface area contributed by atoms with Crippen LogP contribution in [0.4, 0.5) is 10.5 Å². The fraction of sp³-hybridized carbons (Fsp3) is 0.647. The molecule has 1 atom stereocenters. The molecule has 1 saturated heterocycles. The second kappa shape index (κ2) is 6.40. The van der Waals surface area contributed by atoms with E-state index in [0.29, 0.717) is 57.3 Å². The second-order valence-corrected chi connectivity index (χ2v) is 8.21. The van der Waals surface area contributed by atoms with E-state index in [2.05, 4.69) is 15.5 Å². The standard InChI is InChI=1S/C17H21ClN4O5/c18-12-11(7-19-21-13(12)23)22-6-1-10(8-22)27-15(26)20-17-4-2-16(9-17,3-5-17)14(24)25/h7,10H,1-6,8-9H2,(H,20,26)(H,21,23)(H,24,25)/t10-,16?,17?/m1/s1. The van der Waals surface area contributed by atoms with Crippen LogP contribution >= 0.6 is 11.6 Å². The molecule has 2 heterocycles. The number of hydrogen-bond acceptors (Lipinski definition) is 6. The Kier molecular flexibility index (Phi) is 4.29. The summed E-state index contributed by atoms with van der Waals surface area (Å²) in [6, 6.07) is 0. The maximum Gasteiger partial charge on any atom is 0.407 e. The number of alkyl carbamates (subject to hydrolysis) is 1. The lowest BCUT2D eigenvalue weighted by atomic mass is 9.84. The van der Waals surface area contributed by atoms with Gasteiger partial charge >= 0.3 is 12.1 Å². The monoisotopic (exact) mass is 396 g/mol. The highest BCUT2D eigenvalue weighted by molar-refractivity contribution is 6.33. The summed E-state index contributed by atoms with van der Waals surface area (Å²) in [4.78, 5) is 37.3. The molecule has 1 aliphatic heterocycles. The molecule has 1 aromatic rings. The van der Waals surface area contributed by atoms with Crippen LogP contribution in [0, 0.1) is 5.41 Å². The lowest BCUT2D eigenvalue weighted by Crippen LogP contribution is -2.46. The number of carboxylic acids is 1. The van der Waals surface area contributed by atoms with E-state index in [1.54, 1.807) is 0 Å². The molecule has 0 aromatic carbocycles. The van der Waals surface area contributed by atoms with Gasteiger partial charge in [-0.3, -0.25) is 9.59 Å². The minimum Gasteiger partial charge on any atom is -0.481 e. The Morgan fingerprint density at radius 3 is 2.78 bits per heavy atom. The number of aromatic nitrogens is 2. The van der Waals surface area contributed by atoms with Gasteiger partial charge in [-0.1, -0.05) is 11.6 Å². The van der Waals surface area contributed by atoms with Crippen LogP contribution < -0.4 is 15.8 Å². The average molecular weight is 397 g/mol. The van der Waals surface area contributed by atoms with Crippen LogP contribution in [0.1, 0.15) is 38.5 Å². The summed E-state index contributed by atoms with van der Waals surface area (Å²) in [6.07, 6.45) is 4.23. The number of anilines is 1. The molecular weight excluding hydrogens is 376 g/mol. The molecule has 2 bridgehead atoms. The van der Waals surface area contributed by atoms with Crippen LogP contribution in [0.5, 0.6) is 0 Å². The van der Waals surface area contributed by atoms with Gasteiger partial charge in [0.05, 0.1) is 23.8 Å². The number of nitrogens with zero attached hydrogens (tertiary/aromatic N) is 2. The molecule has 0 spiro atoms. The van der Waals surface area contributed by atoms with Crippen molar-refractivity contribution >= 4 is 29.4 Å². The van der Waals surface area contributed by atoms with Crippen molar-refractivity contribution in [1.29, 1.82) is 0 Å². The van der Waals surface area contributed by atoms with Crippen molar-refractivity contribution in [3.05, 3.63) is 21.6 Å². The van der Waals surface area contributed by atoms with Gasteiger partial charge in [-0.25, -0.2) is 9.89 Å². The van der Waals surface area contributed by atoms with Crippen molar-refractivity contribution in [3.63, 3.8) is 0 Å². The minimum absolute atomic E-state index is 0.0657. The molecule has 146 valence electrons. The molecule has 0 unspecified atom stereocenters. The van der Waals surface area contributed by atoms with Crippen LogP contribution in [0.3, 0.4) is 0 Å². The third kappa shape index (κ3) is 3.13. The van der Waals surface area contributed by atoms with E-state index in [0.717, 1.165) is 0 Å². The lowest BCUT2D eigenvalue weighted by Gasteiger charge is -2.28. The highest BCUT2D eigenvalue weighted by Crippen LogP contribution is 2.56. The molecule has 0 radical (unpaired) electrons. The molecule has 1 aromatic heterocycles. The number of carboxylic acid groups (broad SMARTS) is 1. The Morgan fingerprint density at radius 2 is 2.11 bits per heavy atom. The van der Waals surface area contributed by atoms with Crippen molar-refractivity contribution in [3.8, 4) is 0 Å². The summed E-state index contributed by atoms with van der Waals surface area (Å²) in [5.41, 5.74) is -1.10. The fourth-order valence-electron chi connectivity index (χ4n) is 4.70. The molecule has 2 aliphatic carbocycles. The Labute approximate surface area is 160 Å². The minimum atomic E-state index is -0.771. The Balaban J connectivity index is 1.34. The van der Waals surface area contributed by atoms with Crippen molar-refractivity contribution in [2.24, 2.45) is 5.41 Å². The zero-order valence-corrected chi connectivity index (χ0v) is 15.4. The highest BCUT2D eigenvalue weighted by Gasteiger charge is 2.59. The molecular formula is C17H21ClN4O5. The van der Waals surface area contributed by atoms with Crippen LogP contribution in [-0.2, 0) is 9.53 Å². The van der Waals surface area contributed by atoms with Crippen molar-refractivity contribution < 1.29 is 19.4 Å². The lowest BCUT2D eigenvalue weighted by molar-refractivity contribution is -0.148. The summed E-state index contributed by atoms with van der Waals surface area (Å²) >= 11 is 6.03. The highest BCUT2D eigenvalue weighted by atomic mass is 35.5. The summed E-state index contributed by atoms with van der Waals surface area (Å²) in [6.45, 7) is 1.01. The van der Waals surface area contributed by atoms with Gasteiger partial charge in [0.25, 0.3) is 5.56 Å². The number of amides is 1. The Hall–Kier alpha value is -2.29. The first-order valence-corrected chi connectivity index (χ1v) is 9.41. The number of carbonyl (C=O) groups excluding carboxylic acids is 1. The normalized spacial score (nSPS) is 31.9. The zero-order valence-electron chi connectivity index (χ0n) is 14.7. The van der Waals surface area contributed by atoms with Crippen molar-refractivity contribution in [2.45, 2.75) is 50.2 Å². The number of fused-ring (bicyclic) bond motifs is 2. The first-order chi connectivity index (χ1) is 12.8. The van der Waals surface area contributed by atoms with Gasteiger partial charge in [-0.05, 0) is 32.1 Å². The molecule has 3 fully saturated rings. The number of aliphatic carboxylic acids is 1. The van der Waals surface area contributed by atoms with Crippen LogP contribution in [-0.4, -0.2) is 52.1 Å². The third-order valence-corrected chi connectivity index (χ3v) is 6.56. The van der Waals surface area contributed by atoms with Crippen LogP contribution in [0.2, 0.25) is 5.02 Å². The van der Waals surface area contributed by atoms with Gasteiger partial charge in [0.2, 0.25) is 0 Å². The summed E-state index contributed by atoms with van der Waals surface area (Å²) in [5.74, 6) is -0.771. The number of halogens is 1. The van der Waals surface area contributed by atoms with Crippen molar-refractivity contribution in [2.75, 3.05) is 18.0 Å². The van der Waals surface area contributed by atoms with Gasteiger partial charge in [0, 0.05) is 18.5 Å². The van der Waals surface area contributed by atoms with E-state index >= 15 is 0 Å². The van der Waals surface area contributed by atoms with Gasteiger partial charge in [-0.15, -0.1) is 0 Å². The summed E-state index contributed by atoms with van der Waals surface area (Å²) < 4.78 is 5.55. The largest absolute Gasteiger partial charge is 0.481 e. The number of nitrogens with one attached hydrogen (secondary N) is 2. The zero-order chi connectivity index (χ0) is 19.2. The van der Waals surface area contributed by atoms with Crippen molar-refractivity contribution in [1.82, 2.24) is 15.5 Å². The Bertz CT molecular complexity index is 833. The fourth-order valence-corrected chi connectivity index (χ4v) is 4.91. The average Bonchev–Trinajstić information content (AvgIpc) is 3.31. The van der Waals surface area contributed by atoms with Gasteiger partial charge in [-0.2, -0.15) is 5.10 Å². The SMILES string of the molecule is O=C(NC12CCC(C(=O)O)(CC1)C2)O[C@@H]1CCN(c2cn[nH]c(=O)c2Cl)C1. The molecule has 10 heteroatoms. The van der Waals surface area contributed by atoms with E-state index in [9.17, 15) is 19.5 Å². The molecule has 9 nitrogen and oxygen atoms in total. The summed E-state index contributed by atoms with van der Waals surface area (Å²) in [5, 5.41) is 18.5. The maximum atomic E-state index is 12.4. The quantitative estimate of drug-likeness (QED) is 0.704. The summed E-state index contributed by atoms with van der Waals surface area (Å²) in [7, 11) is 0. The molecule has 4 rings (SSSR count). The van der Waals surface area contributed by atoms with E-state index in [1.807, 2.05) is 4.90 Å². The molecule has 2 saturated carbocycles. The van der Waals surface area contributed by atoms with Gasteiger partial charge in [0.1, 0.15) is 11.1 Å². The molecule has 3 aliphatic rings. The van der Waals surface area contributed by atoms with Crippen LogP contribution in [0.25, 0.3) is 0 Å². The van der Waals surface area contributed by atoms with E-state index in [1.165, 1.54) is 6.20 Å². The predicted octanol–water partition coefficient (Wildman–Crippen LogP) is 1.52. The first-order valence-electron chi connectivity index (χ1n) is 9.03.